The Morgan fingerprint density at radius 3 is 2.19 bits per heavy atom. The van der Waals surface area contributed by atoms with Crippen molar-refractivity contribution < 1.29 is 23.1 Å². The first-order valence-corrected chi connectivity index (χ1v) is 9.99. The van der Waals surface area contributed by atoms with Crippen LogP contribution in [0.15, 0.2) is 55.1 Å². The third kappa shape index (κ3) is 5.07. The fourth-order valence-electron chi connectivity index (χ4n) is 3.58. The summed E-state index contributed by atoms with van der Waals surface area (Å²) in [6, 6.07) is 11.1. The summed E-state index contributed by atoms with van der Waals surface area (Å²) in [7, 11) is 0. The van der Waals surface area contributed by atoms with E-state index in [1.807, 2.05) is 13.0 Å². The van der Waals surface area contributed by atoms with Crippen LogP contribution in [0.5, 0.6) is 0 Å². The van der Waals surface area contributed by atoms with Crippen molar-refractivity contribution in [3.8, 4) is 11.8 Å². The molecule has 0 aliphatic carbocycles. The van der Waals surface area contributed by atoms with Crippen LogP contribution in [0.3, 0.4) is 0 Å². The molecular formula is C25H23F2NO3. The average Bonchev–Trinajstić information content (AvgIpc) is 2.74. The molecule has 0 N–H and O–H groups in total. The van der Waals surface area contributed by atoms with Gasteiger partial charge in [0.15, 0.2) is 11.6 Å². The zero-order valence-corrected chi connectivity index (χ0v) is 17.3. The minimum absolute atomic E-state index is 0.0408. The molecule has 31 heavy (non-hydrogen) atoms. The number of ether oxygens (including phenoxy) is 1. The van der Waals surface area contributed by atoms with E-state index in [4.69, 9.17) is 4.74 Å². The fourth-order valence-corrected chi connectivity index (χ4v) is 3.58. The summed E-state index contributed by atoms with van der Waals surface area (Å²) < 4.78 is 35.1. The number of rotatable bonds is 6. The van der Waals surface area contributed by atoms with Crippen molar-refractivity contribution in [3.63, 3.8) is 0 Å². The number of hydrogen-bond donors (Lipinski definition) is 0. The lowest BCUT2D eigenvalue weighted by atomic mass is 9.76. The van der Waals surface area contributed by atoms with Crippen LogP contribution < -0.4 is 4.90 Å². The minimum Gasteiger partial charge on any atom is -0.377 e. The van der Waals surface area contributed by atoms with Crippen molar-refractivity contribution in [2.75, 3.05) is 18.1 Å². The summed E-state index contributed by atoms with van der Waals surface area (Å²) in [5.41, 5.74) is -0.539. The van der Waals surface area contributed by atoms with Gasteiger partial charge in [-0.05, 0) is 30.7 Å². The molecule has 1 aliphatic heterocycles. The topological polar surface area (TPSA) is 46.6 Å². The van der Waals surface area contributed by atoms with Crippen molar-refractivity contribution >= 4 is 17.5 Å². The van der Waals surface area contributed by atoms with Crippen molar-refractivity contribution in [3.05, 3.63) is 77.9 Å². The molecule has 1 saturated heterocycles. The average molecular weight is 423 g/mol. The first-order valence-electron chi connectivity index (χ1n) is 9.99. The number of carbonyl (C=O) groups excluding carboxylic acids is 2. The molecule has 0 bridgehead atoms. The number of benzene rings is 2. The Balaban J connectivity index is 1.86. The summed E-state index contributed by atoms with van der Waals surface area (Å²) in [5.74, 6) is 2.21. The zero-order chi connectivity index (χ0) is 22.4. The highest BCUT2D eigenvalue weighted by Crippen LogP contribution is 2.39. The van der Waals surface area contributed by atoms with Crippen LogP contribution in [0.1, 0.15) is 37.3 Å². The largest absolute Gasteiger partial charge is 0.377 e. The molecular weight excluding hydrogens is 400 g/mol. The van der Waals surface area contributed by atoms with Gasteiger partial charge in [-0.3, -0.25) is 9.59 Å². The second-order valence-electron chi connectivity index (χ2n) is 7.54. The number of hydrogen-bond acceptors (Lipinski definition) is 3. The van der Waals surface area contributed by atoms with E-state index in [1.165, 1.54) is 0 Å². The Labute approximate surface area is 180 Å². The Bertz CT molecular complexity index is 1010. The van der Waals surface area contributed by atoms with Gasteiger partial charge in [0.05, 0.1) is 13.2 Å². The van der Waals surface area contributed by atoms with Gasteiger partial charge in [0.1, 0.15) is 5.69 Å². The Hall–Kier alpha value is -3.30. The van der Waals surface area contributed by atoms with Crippen molar-refractivity contribution in [2.45, 2.75) is 26.2 Å². The molecule has 0 unspecified atom stereocenters. The highest BCUT2D eigenvalue weighted by molar-refractivity contribution is 6.17. The predicted octanol–water partition coefficient (Wildman–Crippen LogP) is 4.62. The molecule has 160 valence electrons. The number of carbonyl (C=O) groups is 2. The molecule has 0 saturated carbocycles. The van der Waals surface area contributed by atoms with Crippen molar-refractivity contribution in [2.24, 2.45) is 5.41 Å². The number of imide groups is 1. The quantitative estimate of drug-likeness (QED) is 0.295. The van der Waals surface area contributed by atoms with Gasteiger partial charge in [0.2, 0.25) is 11.8 Å². The van der Waals surface area contributed by atoms with E-state index >= 15 is 0 Å². The van der Waals surface area contributed by atoms with Crippen LogP contribution in [0.4, 0.5) is 14.5 Å². The number of halogens is 2. The molecule has 1 heterocycles. The maximum Gasteiger partial charge on any atom is 0.234 e. The van der Waals surface area contributed by atoms with Gasteiger partial charge >= 0.3 is 0 Å². The minimum atomic E-state index is -1.01. The van der Waals surface area contributed by atoms with Gasteiger partial charge < -0.3 is 4.74 Å². The maximum absolute atomic E-state index is 14.8. The number of nitrogens with zero attached hydrogens (tertiary/aromatic N) is 1. The van der Waals surface area contributed by atoms with E-state index in [0.29, 0.717) is 23.5 Å². The molecule has 0 spiro atoms. The molecule has 6 heteroatoms. The molecule has 0 atom stereocenters. The zero-order valence-electron chi connectivity index (χ0n) is 17.3. The molecule has 1 aliphatic rings. The molecule has 1 fully saturated rings. The highest BCUT2D eigenvalue weighted by Gasteiger charge is 2.44. The first-order chi connectivity index (χ1) is 14.9. The van der Waals surface area contributed by atoms with Gasteiger partial charge in [-0.25, -0.2) is 13.7 Å². The Morgan fingerprint density at radius 1 is 1.06 bits per heavy atom. The third-order valence-corrected chi connectivity index (χ3v) is 5.31. The number of anilines is 1. The summed E-state index contributed by atoms with van der Waals surface area (Å²) >= 11 is 0. The Kier molecular flexibility index (Phi) is 6.98. The maximum atomic E-state index is 14.8. The summed E-state index contributed by atoms with van der Waals surface area (Å²) in [6.45, 7) is 5.91. The van der Waals surface area contributed by atoms with E-state index < -0.39 is 34.6 Å². The SMILES string of the molecule is C=CCOCC1(CC)CC(=O)N(c2c(F)cc(C#Cc3ccccc3)cc2F)C(=O)C1. The first kappa shape index (κ1) is 22.4. The predicted molar refractivity (Wildman–Crippen MR) is 114 cm³/mol. The lowest BCUT2D eigenvalue weighted by Crippen LogP contribution is -2.50. The summed E-state index contributed by atoms with van der Waals surface area (Å²) in [5, 5.41) is 0. The van der Waals surface area contributed by atoms with Crippen LogP contribution >= 0.6 is 0 Å². The van der Waals surface area contributed by atoms with E-state index in [1.54, 1.807) is 30.3 Å². The van der Waals surface area contributed by atoms with Crippen molar-refractivity contribution in [1.29, 1.82) is 0 Å². The normalized spacial score (nSPS) is 15.4. The van der Waals surface area contributed by atoms with Gasteiger partial charge in [0.25, 0.3) is 0 Å². The smallest absolute Gasteiger partial charge is 0.234 e. The standard InChI is InChI=1S/C25H23F2NO3/c1-3-12-31-17-25(4-2)15-22(29)28(23(30)16-25)24-20(26)13-19(14-21(24)27)11-10-18-8-6-5-7-9-18/h3,5-9,13-14H,1,4,12,15-17H2,2H3. The number of piperidine rings is 1. The van der Waals surface area contributed by atoms with Crippen molar-refractivity contribution in [1.82, 2.24) is 0 Å². The van der Waals surface area contributed by atoms with Crippen LogP contribution in [-0.4, -0.2) is 25.0 Å². The van der Waals surface area contributed by atoms with Gasteiger partial charge in [-0.2, -0.15) is 0 Å². The lowest BCUT2D eigenvalue weighted by molar-refractivity contribution is -0.136. The molecule has 2 amide bonds. The van der Waals surface area contributed by atoms with Crippen LogP contribution in [-0.2, 0) is 14.3 Å². The molecule has 2 aromatic rings. The molecule has 4 nitrogen and oxygen atoms in total. The molecule has 0 radical (unpaired) electrons. The van der Waals surface area contributed by atoms with Crippen LogP contribution in [0, 0.1) is 28.9 Å². The van der Waals surface area contributed by atoms with E-state index in [9.17, 15) is 18.4 Å². The Morgan fingerprint density at radius 2 is 1.65 bits per heavy atom. The van der Waals surface area contributed by atoms with E-state index in [0.717, 1.165) is 12.1 Å². The third-order valence-electron chi connectivity index (χ3n) is 5.31. The molecule has 3 rings (SSSR count). The molecule has 0 aromatic heterocycles. The summed E-state index contributed by atoms with van der Waals surface area (Å²) in [4.78, 5) is 26.2. The molecule has 2 aromatic carbocycles. The highest BCUT2D eigenvalue weighted by atomic mass is 19.1. The van der Waals surface area contributed by atoms with Gasteiger partial charge in [0, 0.05) is 29.4 Å². The number of amides is 2. The fraction of sp³-hybridized carbons (Fsp3) is 0.280. The van der Waals surface area contributed by atoms with E-state index in [2.05, 4.69) is 18.4 Å². The monoisotopic (exact) mass is 423 g/mol. The second kappa shape index (κ2) is 9.67. The van der Waals surface area contributed by atoms with Gasteiger partial charge in [-0.1, -0.05) is 43.0 Å². The van der Waals surface area contributed by atoms with E-state index in [-0.39, 0.29) is 25.0 Å². The lowest BCUT2D eigenvalue weighted by Gasteiger charge is -2.39. The van der Waals surface area contributed by atoms with Crippen LogP contribution in [0.25, 0.3) is 0 Å². The summed E-state index contributed by atoms with van der Waals surface area (Å²) in [6.07, 6.45) is 2.02. The van der Waals surface area contributed by atoms with Gasteiger partial charge in [-0.15, -0.1) is 6.58 Å². The van der Waals surface area contributed by atoms with Crippen LogP contribution in [0.2, 0.25) is 0 Å². The second-order valence-corrected chi connectivity index (χ2v) is 7.54.